The molecule has 2 amide bonds. The monoisotopic (exact) mass is 284 g/mol. The third kappa shape index (κ3) is 3.82. The third-order valence-electron chi connectivity index (χ3n) is 2.92. The van der Waals surface area contributed by atoms with Gasteiger partial charge in [0.15, 0.2) is 0 Å². The van der Waals surface area contributed by atoms with Crippen LogP contribution in [-0.4, -0.2) is 12.0 Å². The van der Waals surface area contributed by atoms with E-state index in [1.807, 2.05) is 26.0 Å². The number of urea groups is 1. The van der Waals surface area contributed by atoms with E-state index in [-0.39, 0.29) is 0 Å². The second-order valence-corrected chi connectivity index (χ2v) is 4.73. The van der Waals surface area contributed by atoms with E-state index in [1.165, 1.54) is 0 Å². The highest BCUT2D eigenvalue weighted by molar-refractivity contribution is 5.93. The smallest absolute Gasteiger partial charge is 0.343 e. The van der Waals surface area contributed by atoms with Crippen LogP contribution in [0.3, 0.4) is 0 Å². The van der Waals surface area contributed by atoms with Crippen molar-refractivity contribution in [2.45, 2.75) is 13.8 Å². The average Bonchev–Trinajstić information content (AvgIpc) is 2.42. The number of carbonyl (C=O) groups is 2. The molecule has 0 heterocycles. The van der Waals surface area contributed by atoms with Crippen molar-refractivity contribution in [1.82, 2.24) is 0 Å². The van der Waals surface area contributed by atoms with Crippen molar-refractivity contribution in [2.75, 3.05) is 5.32 Å². The maximum atomic E-state index is 12.1. The fourth-order valence-electron chi connectivity index (χ4n) is 1.90. The average molecular weight is 284 g/mol. The Morgan fingerprint density at radius 2 is 1.71 bits per heavy atom. The minimum Gasteiger partial charge on any atom is -0.423 e. The standard InChI is InChI=1S/C16H16N2O3/c1-10-3-8-14(11(2)9-10)21-15(19)12-4-6-13(7-5-12)18-16(17)20/h3-9H,1-2H3,(H3,17,18,20). The van der Waals surface area contributed by atoms with E-state index in [9.17, 15) is 9.59 Å². The van der Waals surface area contributed by atoms with Crippen LogP contribution in [0.2, 0.25) is 0 Å². The number of anilines is 1. The van der Waals surface area contributed by atoms with Crippen molar-refractivity contribution in [2.24, 2.45) is 5.73 Å². The normalized spacial score (nSPS) is 10.0. The summed E-state index contributed by atoms with van der Waals surface area (Å²) in [5.74, 6) is 0.0810. The fourth-order valence-corrected chi connectivity index (χ4v) is 1.90. The van der Waals surface area contributed by atoms with Gasteiger partial charge in [0.1, 0.15) is 5.75 Å². The van der Waals surface area contributed by atoms with Crippen molar-refractivity contribution < 1.29 is 14.3 Å². The number of benzene rings is 2. The van der Waals surface area contributed by atoms with Gasteiger partial charge in [-0.2, -0.15) is 0 Å². The number of primary amides is 1. The van der Waals surface area contributed by atoms with Gasteiger partial charge in [-0.3, -0.25) is 0 Å². The lowest BCUT2D eigenvalue weighted by molar-refractivity contribution is 0.0733. The summed E-state index contributed by atoms with van der Waals surface area (Å²) in [6, 6.07) is 11.3. The Labute approximate surface area is 122 Å². The van der Waals surface area contributed by atoms with Crippen LogP contribution in [0.15, 0.2) is 42.5 Å². The Morgan fingerprint density at radius 1 is 1.05 bits per heavy atom. The van der Waals surface area contributed by atoms with Gasteiger partial charge in [0.25, 0.3) is 0 Å². The number of hydrogen-bond donors (Lipinski definition) is 2. The minimum atomic E-state index is -0.652. The molecule has 0 bridgehead atoms. The van der Waals surface area contributed by atoms with E-state index in [1.54, 1.807) is 30.3 Å². The Bertz CT molecular complexity index is 678. The van der Waals surface area contributed by atoms with Crippen LogP contribution in [0.25, 0.3) is 0 Å². The molecule has 2 aromatic carbocycles. The van der Waals surface area contributed by atoms with E-state index in [2.05, 4.69) is 5.32 Å². The van der Waals surface area contributed by atoms with Crippen molar-refractivity contribution in [1.29, 1.82) is 0 Å². The van der Waals surface area contributed by atoms with E-state index >= 15 is 0 Å². The molecule has 5 heteroatoms. The highest BCUT2D eigenvalue weighted by Crippen LogP contribution is 2.20. The molecule has 0 fully saturated rings. The summed E-state index contributed by atoms with van der Waals surface area (Å²) in [6.07, 6.45) is 0. The first-order valence-electron chi connectivity index (χ1n) is 6.41. The summed E-state index contributed by atoms with van der Waals surface area (Å²) in [6.45, 7) is 3.86. The maximum absolute atomic E-state index is 12.1. The number of ether oxygens (including phenoxy) is 1. The molecule has 0 saturated heterocycles. The Kier molecular flexibility index (Phi) is 4.23. The summed E-state index contributed by atoms with van der Waals surface area (Å²) in [5.41, 5.74) is 7.93. The molecule has 0 saturated carbocycles. The Balaban J connectivity index is 2.11. The molecule has 21 heavy (non-hydrogen) atoms. The molecule has 0 aliphatic carbocycles. The first-order valence-corrected chi connectivity index (χ1v) is 6.41. The van der Waals surface area contributed by atoms with Gasteiger partial charge in [-0.15, -0.1) is 0 Å². The van der Waals surface area contributed by atoms with Gasteiger partial charge in [0.2, 0.25) is 0 Å². The van der Waals surface area contributed by atoms with Gasteiger partial charge in [0.05, 0.1) is 5.56 Å². The fraction of sp³-hybridized carbons (Fsp3) is 0.125. The van der Waals surface area contributed by atoms with Crippen molar-refractivity contribution in [3.05, 3.63) is 59.2 Å². The quantitative estimate of drug-likeness (QED) is 0.671. The molecule has 0 unspecified atom stereocenters. The lowest BCUT2D eigenvalue weighted by Crippen LogP contribution is -2.19. The molecular formula is C16H16N2O3. The number of carbonyl (C=O) groups excluding carboxylic acids is 2. The van der Waals surface area contributed by atoms with Crippen LogP contribution in [0.4, 0.5) is 10.5 Å². The van der Waals surface area contributed by atoms with Crippen LogP contribution < -0.4 is 15.8 Å². The molecule has 0 atom stereocenters. The van der Waals surface area contributed by atoms with Gasteiger partial charge in [-0.25, -0.2) is 9.59 Å². The van der Waals surface area contributed by atoms with Gasteiger partial charge in [0, 0.05) is 5.69 Å². The SMILES string of the molecule is Cc1ccc(OC(=O)c2ccc(NC(N)=O)cc2)c(C)c1. The van der Waals surface area contributed by atoms with Gasteiger partial charge < -0.3 is 15.8 Å². The van der Waals surface area contributed by atoms with Crippen molar-refractivity contribution >= 4 is 17.7 Å². The summed E-state index contributed by atoms with van der Waals surface area (Å²) < 4.78 is 5.36. The highest BCUT2D eigenvalue weighted by Gasteiger charge is 2.10. The molecule has 0 aromatic heterocycles. The predicted molar refractivity (Wildman–Crippen MR) is 80.5 cm³/mol. The van der Waals surface area contributed by atoms with E-state index < -0.39 is 12.0 Å². The lowest BCUT2D eigenvalue weighted by Gasteiger charge is -2.08. The van der Waals surface area contributed by atoms with Crippen LogP contribution in [-0.2, 0) is 0 Å². The molecule has 108 valence electrons. The Hall–Kier alpha value is -2.82. The zero-order valence-corrected chi connectivity index (χ0v) is 11.8. The molecule has 5 nitrogen and oxygen atoms in total. The number of nitrogens with one attached hydrogen (secondary N) is 1. The van der Waals surface area contributed by atoms with Crippen LogP contribution in [0.1, 0.15) is 21.5 Å². The molecule has 0 aliphatic heterocycles. The summed E-state index contributed by atoms with van der Waals surface area (Å²) >= 11 is 0. The maximum Gasteiger partial charge on any atom is 0.343 e. The van der Waals surface area contributed by atoms with Gasteiger partial charge >= 0.3 is 12.0 Å². The molecule has 2 aromatic rings. The summed E-state index contributed by atoms with van der Waals surface area (Å²) in [5, 5.41) is 2.42. The predicted octanol–water partition coefficient (Wildman–Crippen LogP) is 3.01. The summed E-state index contributed by atoms with van der Waals surface area (Å²) in [4.78, 5) is 22.8. The van der Waals surface area contributed by atoms with Crippen LogP contribution in [0.5, 0.6) is 5.75 Å². The Morgan fingerprint density at radius 3 is 2.29 bits per heavy atom. The molecule has 0 spiro atoms. The second kappa shape index (κ2) is 6.09. The number of hydrogen-bond acceptors (Lipinski definition) is 3. The van der Waals surface area contributed by atoms with Crippen molar-refractivity contribution in [3.63, 3.8) is 0 Å². The second-order valence-electron chi connectivity index (χ2n) is 4.73. The number of esters is 1. The molecule has 2 rings (SSSR count). The zero-order chi connectivity index (χ0) is 15.4. The van der Waals surface area contributed by atoms with Crippen molar-refractivity contribution in [3.8, 4) is 5.75 Å². The zero-order valence-electron chi connectivity index (χ0n) is 11.8. The highest BCUT2D eigenvalue weighted by atomic mass is 16.5. The molecular weight excluding hydrogens is 268 g/mol. The number of nitrogens with two attached hydrogens (primary N) is 1. The molecule has 3 N–H and O–H groups in total. The van der Waals surface area contributed by atoms with E-state index in [4.69, 9.17) is 10.5 Å². The van der Waals surface area contributed by atoms with Crippen LogP contribution >= 0.6 is 0 Å². The first-order chi connectivity index (χ1) is 9.95. The number of amides is 2. The van der Waals surface area contributed by atoms with Gasteiger partial charge in [-0.05, 0) is 49.7 Å². The van der Waals surface area contributed by atoms with E-state index in [0.29, 0.717) is 17.0 Å². The number of aryl methyl sites for hydroxylation is 2. The topological polar surface area (TPSA) is 81.4 Å². The molecule has 0 radical (unpaired) electrons. The summed E-state index contributed by atoms with van der Waals surface area (Å²) in [7, 11) is 0. The minimum absolute atomic E-state index is 0.394. The number of rotatable bonds is 3. The first kappa shape index (κ1) is 14.6. The lowest BCUT2D eigenvalue weighted by atomic mass is 10.1. The van der Waals surface area contributed by atoms with E-state index in [0.717, 1.165) is 11.1 Å². The largest absolute Gasteiger partial charge is 0.423 e. The van der Waals surface area contributed by atoms with Crippen LogP contribution in [0, 0.1) is 13.8 Å². The third-order valence-corrected chi connectivity index (χ3v) is 2.92. The van der Waals surface area contributed by atoms with Gasteiger partial charge in [-0.1, -0.05) is 17.7 Å². The molecule has 0 aliphatic rings.